The maximum atomic E-state index is 6.47. The first-order chi connectivity index (χ1) is 10.2. The van der Waals surface area contributed by atoms with E-state index in [1.54, 1.807) is 0 Å². The van der Waals surface area contributed by atoms with Crippen molar-refractivity contribution in [3.05, 3.63) is 28.8 Å². The maximum absolute atomic E-state index is 6.47. The van der Waals surface area contributed by atoms with Crippen LogP contribution in [0.2, 0.25) is 5.02 Å². The Hall–Kier alpha value is -0.770. The molecular formula is C17H26ClN3. The largest absolute Gasteiger partial charge is 0.372 e. The second kappa shape index (κ2) is 6.99. The highest BCUT2D eigenvalue weighted by molar-refractivity contribution is 6.33. The molecule has 0 spiro atoms. The third-order valence-electron chi connectivity index (χ3n) is 4.55. The molecule has 3 rings (SSSR count). The van der Waals surface area contributed by atoms with Crippen LogP contribution < -0.4 is 10.2 Å². The first-order valence-electron chi connectivity index (χ1n) is 8.18. The molecule has 1 saturated carbocycles. The van der Waals surface area contributed by atoms with Crippen LogP contribution in [0.3, 0.4) is 0 Å². The monoisotopic (exact) mass is 307 g/mol. The number of nitrogens with one attached hydrogen (secondary N) is 1. The Morgan fingerprint density at radius 3 is 2.71 bits per heavy atom. The van der Waals surface area contributed by atoms with E-state index in [-0.39, 0.29) is 0 Å². The van der Waals surface area contributed by atoms with Crippen molar-refractivity contribution in [2.45, 2.75) is 38.3 Å². The Morgan fingerprint density at radius 1 is 1.29 bits per heavy atom. The minimum Gasteiger partial charge on any atom is -0.372 e. The first-order valence-corrected chi connectivity index (χ1v) is 8.55. The molecule has 1 aromatic rings. The van der Waals surface area contributed by atoms with Crippen LogP contribution in [0, 0.1) is 0 Å². The summed E-state index contributed by atoms with van der Waals surface area (Å²) in [7, 11) is 2.14. The van der Waals surface area contributed by atoms with E-state index in [1.807, 2.05) is 0 Å². The van der Waals surface area contributed by atoms with Crippen LogP contribution in [0.5, 0.6) is 0 Å². The van der Waals surface area contributed by atoms with Gasteiger partial charge in [-0.3, -0.25) is 0 Å². The molecule has 21 heavy (non-hydrogen) atoms. The minimum absolute atomic E-state index is 0.742. The van der Waals surface area contributed by atoms with Gasteiger partial charge in [0, 0.05) is 32.7 Å². The van der Waals surface area contributed by atoms with Crippen molar-refractivity contribution in [3.8, 4) is 0 Å². The zero-order valence-electron chi connectivity index (χ0n) is 12.9. The fourth-order valence-electron chi connectivity index (χ4n) is 2.94. The normalized spacial score (nSPS) is 19.1. The molecule has 0 aromatic heterocycles. The van der Waals surface area contributed by atoms with Gasteiger partial charge in [0.25, 0.3) is 0 Å². The number of halogens is 1. The number of benzene rings is 1. The van der Waals surface area contributed by atoms with Gasteiger partial charge in [-0.15, -0.1) is 0 Å². The minimum atomic E-state index is 0.742. The van der Waals surface area contributed by atoms with Gasteiger partial charge in [0.2, 0.25) is 0 Å². The summed E-state index contributed by atoms with van der Waals surface area (Å²) < 4.78 is 0. The van der Waals surface area contributed by atoms with E-state index < -0.39 is 0 Å². The van der Waals surface area contributed by atoms with E-state index >= 15 is 0 Å². The van der Waals surface area contributed by atoms with Gasteiger partial charge in [0.05, 0.1) is 10.7 Å². The Bertz CT molecular complexity index is 467. The summed E-state index contributed by atoms with van der Waals surface area (Å²) in [6.45, 7) is 5.63. The zero-order valence-corrected chi connectivity index (χ0v) is 13.7. The lowest BCUT2D eigenvalue weighted by Gasteiger charge is -2.24. The van der Waals surface area contributed by atoms with Crippen LogP contribution in [0.4, 0.5) is 5.69 Å². The summed E-state index contributed by atoms with van der Waals surface area (Å²) in [5.41, 5.74) is 2.43. The lowest BCUT2D eigenvalue weighted by molar-refractivity contribution is 0.346. The Morgan fingerprint density at radius 2 is 2.05 bits per heavy atom. The van der Waals surface area contributed by atoms with Gasteiger partial charge < -0.3 is 15.1 Å². The van der Waals surface area contributed by atoms with Crippen LogP contribution in [0.1, 0.15) is 31.2 Å². The highest BCUT2D eigenvalue weighted by Gasteiger charge is 2.20. The molecule has 0 atom stereocenters. The molecule has 1 saturated heterocycles. The molecule has 1 aromatic carbocycles. The summed E-state index contributed by atoms with van der Waals surface area (Å²) in [6, 6.07) is 7.21. The van der Waals surface area contributed by atoms with E-state index in [0.29, 0.717) is 0 Å². The number of hydrogen-bond acceptors (Lipinski definition) is 3. The Kier molecular flexibility index (Phi) is 5.04. The molecule has 4 heteroatoms. The lowest BCUT2D eigenvalue weighted by atomic mass is 10.2. The quantitative estimate of drug-likeness (QED) is 0.835. The number of nitrogens with zero attached hydrogens (tertiary/aromatic N) is 2. The average Bonchev–Trinajstić information content (AvgIpc) is 3.16. The van der Waals surface area contributed by atoms with E-state index in [0.717, 1.165) is 36.4 Å². The molecule has 1 N–H and O–H groups in total. The van der Waals surface area contributed by atoms with Crippen molar-refractivity contribution >= 4 is 17.3 Å². The lowest BCUT2D eigenvalue weighted by Crippen LogP contribution is -2.31. The predicted octanol–water partition coefficient (Wildman–Crippen LogP) is 3.12. The van der Waals surface area contributed by atoms with Crippen molar-refractivity contribution in [2.24, 2.45) is 0 Å². The SMILES string of the molecule is CN(CCN1CCCC1)c1ccc(CNC2CC2)cc1Cl. The number of hydrogen-bond donors (Lipinski definition) is 1. The number of likely N-dealkylation sites (tertiary alicyclic amines) is 1. The molecule has 3 nitrogen and oxygen atoms in total. The summed E-state index contributed by atoms with van der Waals surface area (Å²) >= 11 is 6.47. The predicted molar refractivity (Wildman–Crippen MR) is 90.3 cm³/mol. The summed E-state index contributed by atoms with van der Waals surface area (Å²) in [5, 5.41) is 4.40. The highest BCUT2D eigenvalue weighted by atomic mass is 35.5. The molecule has 0 unspecified atom stereocenters. The van der Waals surface area contributed by atoms with Crippen molar-refractivity contribution in [1.29, 1.82) is 0 Å². The molecular weight excluding hydrogens is 282 g/mol. The smallest absolute Gasteiger partial charge is 0.0642 e. The number of anilines is 1. The van der Waals surface area contributed by atoms with E-state index in [1.165, 1.54) is 44.3 Å². The fraction of sp³-hybridized carbons (Fsp3) is 0.647. The van der Waals surface area contributed by atoms with Crippen LogP contribution in [0.25, 0.3) is 0 Å². The molecule has 1 aliphatic heterocycles. The van der Waals surface area contributed by atoms with Gasteiger partial charge in [0.1, 0.15) is 0 Å². The van der Waals surface area contributed by atoms with Gasteiger partial charge in [-0.2, -0.15) is 0 Å². The second-order valence-electron chi connectivity index (χ2n) is 6.41. The first kappa shape index (κ1) is 15.1. The summed E-state index contributed by atoms with van der Waals surface area (Å²) in [4.78, 5) is 4.82. The van der Waals surface area contributed by atoms with Crippen molar-refractivity contribution in [3.63, 3.8) is 0 Å². The third kappa shape index (κ3) is 4.35. The highest BCUT2D eigenvalue weighted by Crippen LogP contribution is 2.27. The van der Waals surface area contributed by atoms with Gasteiger partial charge in [-0.1, -0.05) is 17.7 Å². The van der Waals surface area contributed by atoms with E-state index in [2.05, 4.69) is 40.4 Å². The van der Waals surface area contributed by atoms with Crippen molar-refractivity contribution in [2.75, 3.05) is 38.1 Å². The van der Waals surface area contributed by atoms with Crippen molar-refractivity contribution in [1.82, 2.24) is 10.2 Å². The third-order valence-corrected chi connectivity index (χ3v) is 4.85. The molecule has 1 aliphatic carbocycles. The van der Waals surface area contributed by atoms with Gasteiger partial charge in [-0.25, -0.2) is 0 Å². The molecule has 116 valence electrons. The van der Waals surface area contributed by atoms with Gasteiger partial charge >= 0.3 is 0 Å². The zero-order chi connectivity index (χ0) is 14.7. The van der Waals surface area contributed by atoms with Crippen LogP contribution in [0.15, 0.2) is 18.2 Å². The van der Waals surface area contributed by atoms with Crippen LogP contribution >= 0.6 is 11.6 Å². The van der Waals surface area contributed by atoms with Crippen molar-refractivity contribution < 1.29 is 0 Å². The Balaban J connectivity index is 1.52. The van der Waals surface area contributed by atoms with Crippen LogP contribution in [-0.2, 0) is 6.54 Å². The summed E-state index contributed by atoms with van der Waals surface area (Å²) in [5.74, 6) is 0. The van der Waals surface area contributed by atoms with E-state index in [9.17, 15) is 0 Å². The van der Waals surface area contributed by atoms with Gasteiger partial charge in [0.15, 0.2) is 0 Å². The Labute approximate surface area is 133 Å². The maximum Gasteiger partial charge on any atom is 0.0642 e. The molecule has 0 radical (unpaired) electrons. The van der Waals surface area contributed by atoms with Crippen LogP contribution in [-0.4, -0.2) is 44.2 Å². The second-order valence-corrected chi connectivity index (χ2v) is 6.82. The number of rotatable bonds is 7. The molecule has 2 aliphatic rings. The number of likely N-dealkylation sites (N-methyl/N-ethyl adjacent to an activating group) is 1. The van der Waals surface area contributed by atoms with E-state index in [4.69, 9.17) is 11.6 Å². The topological polar surface area (TPSA) is 18.5 Å². The van der Waals surface area contributed by atoms with Gasteiger partial charge in [-0.05, 0) is 56.5 Å². The molecule has 0 amide bonds. The molecule has 2 fully saturated rings. The fourth-order valence-corrected chi connectivity index (χ4v) is 3.29. The molecule has 0 bridgehead atoms. The average molecular weight is 308 g/mol. The molecule has 1 heterocycles. The summed E-state index contributed by atoms with van der Waals surface area (Å²) in [6.07, 6.45) is 5.36. The standard InChI is InChI=1S/C17H26ClN3/c1-20(10-11-21-8-2-3-9-21)17-7-4-14(12-16(17)18)13-19-15-5-6-15/h4,7,12,15,19H,2-3,5-6,8-11,13H2,1H3.